The van der Waals surface area contributed by atoms with Crippen LogP contribution in [0.15, 0.2) is 0 Å². The summed E-state index contributed by atoms with van der Waals surface area (Å²) in [6.45, 7) is 6.93. The molecule has 2 heterocycles. The van der Waals surface area contributed by atoms with E-state index < -0.39 is 135 Å². The van der Waals surface area contributed by atoms with Crippen LogP contribution in [0.1, 0.15) is 6.92 Å². The third-order valence-corrected chi connectivity index (χ3v) is 16.8. The number of rotatable bonds is 48. The van der Waals surface area contributed by atoms with Gasteiger partial charge < -0.3 is 155 Å². The van der Waals surface area contributed by atoms with E-state index >= 15 is 0 Å². The molecule has 0 spiro atoms. The number of hydrogen-bond donors (Lipinski definition) is 1. The van der Waals surface area contributed by atoms with Gasteiger partial charge in [-0.05, 0) is 6.92 Å². The van der Waals surface area contributed by atoms with Crippen molar-refractivity contribution in [3.8, 4) is 0 Å². The number of Topliss-reactive ketones (excluding diaryl/α,β-unsaturated/α-hetero) is 1. The summed E-state index contributed by atoms with van der Waals surface area (Å²) in [6.07, 6.45) is -0.518. The molecule has 52 heteroatoms. The Balaban J connectivity index is -0.000000357. The molecule has 48 nitrogen and oxygen atoms in total. The molecule has 120 heavy (non-hydrogen) atoms. The zero-order chi connectivity index (χ0) is 88.4. The van der Waals surface area contributed by atoms with Crippen molar-refractivity contribution in [3.63, 3.8) is 0 Å². The van der Waals surface area contributed by atoms with Crippen molar-refractivity contribution in [1.82, 2.24) is 68.6 Å². The van der Waals surface area contributed by atoms with Crippen molar-refractivity contribution in [3.05, 3.63) is 17.6 Å². The minimum atomic E-state index is -1.50. The summed E-state index contributed by atoms with van der Waals surface area (Å²) in [7, 11) is 7.50. The third kappa shape index (κ3) is 74.1. The Kier molecular flexibility index (Phi) is 80.2. The van der Waals surface area contributed by atoms with Crippen LogP contribution in [0.5, 0.6) is 0 Å². The van der Waals surface area contributed by atoms with E-state index in [4.69, 9.17) is 4.74 Å². The molecular weight excluding hydrogens is 2180 g/mol. The van der Waals surface area contributed by atoms with Gasteiger partial charge in [-0.15, -0.1) is 14.1 Å². The number of nitrogens with zero attached hydrogens (tertiary/aromatic N) is 16. The number of aliphatic carboxylic acids is 10. The minimum absolute atomic E-state index is 0. The topological polar surface area (TPSA) is 652 Å². The molecular formula is C68H109Gd4N16O32-. The number of likely N-dealkylation sites (N-methyl/N-ethyl adjacent to an activating group) is 2. The van der Waals surface area contributed by atoms with Gasteiger partial charge in [0.2, 0.25) is 0 Å². The fourth-order valence-electron chi connectivity index (χ4n) is 10.9. The van der Waals surface area contributed by atoms with Gasteiger partial charge in [0, 0.05) is 254 Å². The van der Waals surface area contributed by atoms with Gasteiger partial charge in [0.05, 0.1) is 132 Å². The second kappa shape index (κ2) is 76.0. The minimum Gasteiger partial charge on any atom is -0.655 e. The molecule has 0 bridgehead atoms. The standard InChI is InChI=1S/C19H35N4O6.C17H31N5O8.C17H30N4O8.C15H25N3O10.4Gd/c1-16(24)12-20-4-5-21(13-17(2)25)7-10-23(15-19(28)29-3)11-9-22(8-6-20)14-18(26)27;1-18-13(23)8-21(10-15(25)26)6-4-20(12-17(29)30-3)5-7-22(11-16(27)28)9-14(24)19-2;1-29-17(28)13-21-8-6-19(11-15(24)25)4-2-18(10-14(22)23)3-5-20(7-9-21)12-16(26)27;1-28-15(27)10-16(2-4-17(6-11(19)20)7-12(21)22)3-5-18(8-13(23)24)9-14(25)26;;;;/h16,24H,2,4-15H2,1,3H3,(H,26,27);4-12H2,1-3H3,(H4,18,19,23,24,25,26,27,28);2-13H2,1H3,(H,22,23)(H,24,25)(H,26,27);2-10H2,1H3,(H,19,20)(H,21,22)(H,23,24)(H,25,26);;;;/q-1;;;;4*+3/p-12. The summed E-state index contributed by atoms with van der Waals surface area (Å²) in [5.74, 6) is -17.0. The fourth-order valence-corrected chi connectivity index (χ4v) is 10.9. The van der Waals surface area contributed by atoms with Crippen LogP contribution < -0.4 is 51.1 Å². The Bertz CT molecular complexity index is 2900. The maximum absolute atomic E-state index is 11.7. The molecule has 686 valence electrons. The summed E-state index contributed by atoms with van der Waals surface area (Å²) in [5, 5.41) is 125. The largest absolute Gasteiger partial charge is 3.00 e. The van der Waals surface area contributed by atoms with Gasteiger partial charge >= 0.3 is 184 Å². The zero-order valence-electron chi connectivity index (χ0n) is 68.2. The molecule has 2 saturated heterocycles. The van der Waals surface area contributed by atoms with Crippen LogP contribution in [0, 0.1) is 167 Å². The maximum atomic E-state index is 11.7. The monoisotopic (exact) mass is 2290 g/mol. The number of methoxy groups -OCH3 is 4. The van der Waals surface area contributed by atoms with E-state index in [2.05, 4.69) is 36.7 Å². The number of ether oxygens (including phenoxy) is 4. The predicted octanol–water partition coefficient (Wildman–Crippen LogP) is -21.8. The molecule has 0 aliphatic carbocycles. The third-order valence-electron chi connectivity index (χ3n) is 16.8. The summed E-state index contributed by atoms with van der Waals surface area (Å²) in [4.78, 5) is 212. The van der Waals surface area contributed by atoms with E-state index in [1.54, 1.807) is 36.3 Å². The SMILES string of the molecule is COC(=O)CN(CCN(CC(=O)[O-])CC(=O)[O-])CCN(CC(=O)[O-])CC(=O)[O-].COC(=O)CN1CCN(CC(=O)[O-])CCN(CC(=O)[O-])CCN(CC(=O)[O-])CC1.C[N-]C(=O)CN(CCN(CCN(CC(=O)[O-])CC(=O)[N-]C)CC(=O)OC)CC(=O)[O-].[CH2-]C(=O)CN1CCN(CC(=O)OC)CCN(CC(=O)[O-])CCN(CC(C)O)CC1.[Gd+3].[Gd+3].[Gd+3].[Gd+3]. The van der Waals surface area contributed by atoms with Crippen LogP contribution >= 0.6 is 0 Å². The van der Waals surface area contributed by atoms with Gasteiger partial charge in [-0.2, -0.15) is 0 Å². The van der Waals surface area contributed by atoms with E-state index in [0.29, 0.717) is 85.1 Å². The summed E-state index contributed by atoms with van der Waals surface area (Å²) in [6, 6.07) is 0. The normalized spacial score (nSPS) is 14.8. The number of aliphatic hydroxyl groups is 1. The van der Waals surface area contributed by atoms with E-state index in [1.165, 1.54) is 50.1 Å². The molecule has 2 rings (SSSR count). The molecule has 2 fully saturated rings. The van der Waals surface area contributed by atoms with Crippen LogP contribution in [0.25, 0.3) is 10.6 Å². The summed E-state index contributed by atoms with van der Waals surface area (Å²) in [5.41, 5.74) is 0. The molecule has 4 radical (unpaired) electrons. The Morgan fingerprint density at radius 1 is 0.292 bits per heavy atom. The first-order valence-electron chi connectivity index (χ1n) is 36.2. The number of β-amino-alcohol motifs (C(OH)–C–C–N with tert-alkyl or cyclic N) is 1. The van der Waals surface area contributed by atoms with E-state index in [-0.39, 0.29) is 322 Å². The number of amides is 2. The van der Waals surface area contributed by atoms with Crippen LogP contribution in [0.3, 0.4) is 0 Å². The van der Waals surface area contributed by atoms with E-state index in [0.717, 1.165) is 16.9 Å². The van der Waals surface area contributed by atoms with Gasteiger partial charge in [-0.25, -0.2) is 0 Å². The summed E-state index contributed by atoms with van der Waals surface area (Å²) < 4.78 is 18.6. The molecule has 0 aromatic rings. The Hall–Kier alpha value is -4.24. The van der Waals surface area contributed by atoms with Crippen LogP contribution in [0.4, 0.5) is 0 Å². The van der Waals surface area contributed by atoms with Crippen molar-refractivity contribution in [1.29, 1.82) is 0 Å². The quantitative estimate of drug-likeness (QED) is 0.0336. The molecule has 2 aliphatic heterocycles. The average Bonchev–Trinajstić information content (AvgIpc) is 0.849. The summed E-state index contributed by atoms with van der Waals surface area (Å²) >= 11 is 0. The smallest absolute Gasteiger partial charge is 0.655 e. The van der Waals surface area contributed by atoms with E-state index in [9.17, 15) is 138 Å². The van der Waals surface area contributed by atoms with Gasteiger partial charge in [0.1, 0.15) is 0 Å². The molecule has 1 unspecified atom stereocenters. The van der Waals surface area contributed by atoms with Crippen molar-refractivity contribution >= 4 is 101 Å². The first kappa shape index (κ1) is 127. The van der Waals surface area contributed by atoms with Gasteiger partial charge in [-0.1, -0.05) is 0 Å². The number of ketones is 1. The molecule has 2 amide bonds. The van der Waals surface area contributed by atoms with Crippen molar-refractivity contribution < 1.29 is 316 Å². The van der Waals surface area contributed by atoms with Crippen molar-refractivity contribution in [2.24, 2.45) is 0 Å². The van der Waals surface area contributed by atoms with Crippen LogP contribution in [0.2, 0.25) is 0 Å². The predicted molar refractivity (Wildman–Crippen MR) is 379 cm³/mol. The van der Waals surface area contributed by atoms with Gasteiger partial charge in [0.15, 0.2) is 0 Å². The molecule has 0 aromatic carbocycles. The Morgan fingerprint density at radius 2 is 0.475 bits per heavy atom. The first-order chi connectivity index (χ1) is 54.5. The molecule has 0 saturated carbocycles. The first-order valence-corrected chi connectivity index (χ1v) is 36.2. The number of hydrogen-bond acceptors (Lipinski definition) is 46. The van der Waals surface area contributed by atoms with Crippen LogP contribution in [-0.4, -0.2) is 498 Å². The van der Waals surface area contributed by atoms with Crippen molar-refractivity contribution in [2.45, 2.75) is 13.0 Å². The maximum Gasteiger partial charge on any atom is 3.00 e. The molecule has 1 atom stereocenters. The Labute approximate surface area is 825 Å². The van der Waals surface area contributed by atoms with E-state index in [1.807, 2.05) is 9.80 Å². The number of esters is 4. The number of carbonyl (C=O) groups is 17. The molecule has 1 N–H and O–H groups in total. The van der Waals surface area contributed by atoms with Crippen LogP contribution in [-0.2, 0) is 100 Å². The second-order valence-corrected chi connectivity index (χ2v) is 26.3. The number of carboxylic acids is 10. The Morgan fingerprint density at radius 3 is 0.650 bits per heavy atom. The molecule has 0 aromatic heterocycles. The second-order valence-electron chi connectivity index (χ2n) is 26.3. The van der Waals surface area contributed by atoms with Crippen molar-refractivity contribution in [2.75, 3.05) is 317 Å². The zero-order valence-corrected chi connectivity index (χ0v) is 77.2. The average molecular weight is 2290 g/mol. The number of carboxylic acid groups (broad SMARTS) is 10. The fraction of sp³-hybridized carbons (Fsp3) is 0.735. The number of carbonyl (C=O) groups excluding carboxylic acids is 17. The van der Waals surface area contributed by atoms with Gasteiger partial charge in [0.25, 0.3) is 0 Å². The number of aliphatic hydroxyl groups excluding tert-OH is 1. The molecule has 2 aliphatic rings. The van der Waals surface area contributed by atoms with Gasteiger partial charge in [-0.3, -0.25) is 87.8 Å².